The van der Waals surface area contributed by atoms with Crippen molar-refractivity contribution < 1.29 is 5.11 Å². The fraction of sp³-hybridized carbons (Fsp3) is 0.154. The molecule has 5 heteroatoms. The van der Waals surface area contributed by atoms with Gasteiger partial charge in [0.05, 0.1) is 11.8 Å². The summed E-state index contributed by atoms with van der Waals surface area (Å²) in [5.74, 6) is 0.703. The maximum atomic E-state index is 10.5. The molecule has 0 radical (unpaired) electrons. The molecule has 0 bridgehead atoms. The maximum Gasteiger partial charge on any atom is 0.159 e. The highest BCUT2D eigenvalue weighted by molar-refractivity contribution is 5.85. The molecule has 1 heterocycles. The molecule has 2 N–H and O–H groups in total. The number of benzene rings is 3. The van der Waals surface area contributed by atoms with Crippen molar-refractivity contribution in [3.63, 3.8) is 0 Å². The van der Waals surface area contributed by atoms with Crippen LogP contribution in [0.25, 0.3) is 22.6 Å². The van der Waals surface area contributed by atoms with Gasteiger partial charge in [0.15, 0.2) is 5.82 Å². The van der Waals surface area contributed by atoms with Crippen LogP contribution < -0.4 is 5.32 Å². The number of halogens is 1. The Labute approximate surface area is 189 Å². The van der Waals surface area contributed by atoms with E-state index in [4.69, 9.17) is 4.98 Å². The van der Waals surface area contributed by atoms with Gasteiger partial charge in [-0.15, -0.1) is 12.4 Å². The molecule has 4 rings (SSSR count). The quantitative estimate of drug-likeness (QED) is 0.399. The van der Waals surface area contributed by atoms with Crippen molar-refractivity contribution in [3.8, 4) is 22.6 Å². The molecular weight excluding hydrogens is 406 g/mol. The van der Waals surface area contributed by atoms with Gasteiger partial charge in [-0.25, -0.2) is 9.97 Å². The van der Waals surface area contributed by atoms with Crippen LogP contribution in [0.15, 0.2) is 97.2 Å². The highest BCUT2D eigenvalue weighted by Crippen LogP contribution is 2.28. The molecule has 4 nitrogen and oxygen atoms in total. The van der Waals surface area contributed by atoms with Gasteiger partial charge >= 0.3 is 0 Å². The van der Waals surface area contributed by atoms with Gasteiger partial charge in [0.1, 0.15) is 0 Å². The van der Waals surface area contributed by atoms with Crippen molar-refractivity contribution in [2.24, 2.45) is 0 Å². The molecule has 0 aliphatic heterocycles. The van der Waals surface area contributed by atoms with E-state index in [1.807, 2.05) is 85.1 Å². The third-order valence-electron chi connectivity index (χ3n) is 5.16. The highest BCUT2D eigenvalue weighted by atomic mass is 35.5. The first-order chi connectivity index (χ1) is 14.7. The Balaban J connectivity index is 0.00000272. The monoisotopic (exact) mass is 431 g/mol. The van der Waals surface area contributed by atoms with Crippen LogP contribution in [0, 0.1) is 0 Å². The van der Waals surface area contributed by atoms with Gasteiger partial charge in [0.2, 0.25) is 0 Å². The van der Waals surface area contributed by atoms with E-state index < -0.39 is 6.10 Å². The third-order valence-corrected chi connectivity index (χ3v) is 5.16. The second-order valence-electron chi connectivity index (χ2n) is 7.29. The van der Waals surface area contributed by atoms with Gasteiger partial charge in [0, 0.05) is 35.5 Å². The normalized spacial score (nSPS) is 12.6. The summed E-state index contributed by atoms with van der Waals surface area (Å²) >= 11 is 0. The molecule has 0 amide bonds. The minimum absolute atomic E-state index is 0. The molecule has 3 aromatic carbocycles. The number of aliphatic hydroxyl groups excluding tert-OH is 1. The van der Waals surface area contributed by atoms with Crippen molar-refractivity contribution in [1.82, 2.24) is 15.3 Å². The van der Waals surface area contributed by atoms with E-state index in [9.17, 15) is 5.11 Å². The third kappa shape index (κ3) is 5.56. The van der Waals surface area contributed by atoms with Crippen LogP contribution in [-0.2, 0) is 0 Å². The second kappa shape index (κ2) is 10.8. The van der Waals surface area contributed by atoms with E-state index in [0.717, 1.165) is 27.9 Å². The first kappa shape index (κ1) is 22.6. The SMILES string of the molecule is CC(NCC(O)c1ccccc1)c1cnc(-c2ccccc2)nc1-c1ccccc1.Cl. The van der Waals surface area contributed by atoms with Crippen LogP contribution in [0.2, 0.25) is 0 Å². The Hall–Kier alpha value is -3.05. The predicted octanol–water partition coefficient (Wildman–Crippen LogP) is 5.62. The largest absolute Gasteiger partial charge is 0.387 e. The first-order valence-electron chi connectivity index (χ1n) is 10.2. The van der Waals surface area contributed by atoms with Crippen LogP contribution in [0.5, 0.6) is 0 Å². The zero-order chi connectivity index (χ0) is 20.8. The van der Waals surface area contributed by atoms with Crippen LogP contribution in [-0.4, -0.2) is 21.6 Å². The second-order valence-corrected chi connectivity index (χ2v) is 7.29. The molecule has 0 aliphatic rings. The van der Waals surface area contributed by atoms with Crippen molar-refractivity contribution in [2.45, 2.75) is 19.1 Å². The number of nitrogens with zero attached hydrogens (tertiary/aromatic N) is 2. The van der Waals surface area contributed by atoms with E-state index in [2.05, 4.69) is 29.4 Å². The lowest BCUT2D eigenvalue weighted by Gasteiger charge is -2.20. The minimum atomic E-state index is -0.571. The highest BCUT2D eigenvalue weighted by Gasteiger charge is 2.17. The molecule has 4 aromatic rings. The molecule has 31 heavy (non-hydrogen) atoms. The molecule has 2 atom stereocenters. The van der Waals surface area contributed by atoms with E-state index in [1.54, 1.807) is 0 Å². The zero-order valence-electron chi connectivity index (χ0n) is 17.3. The topological polar surface area (TPSA) is 58.0 Å². The standard InChI is InChI=1S/C26H25N3O.ClH/c1-19(27-18-24(30)20-11-5-2-6-12-20)23-17-28-26(22-15-9-4-10-16-22)29-25(23)21-13-7-3-8-14-21;/h2-17,19,24,27,30H,18H2,1H3;1H. The van der Waals surface area contributed by atoms with Crippen LogP contribution >= 0.6 is 12.4 Å². The van der Waals surface area contributed by atoms with Gasteiger partial charge in [0.25, 0.3) is 0 Å². The number of rotatable bonds is 7. The minimum Gasteiger partial charge on any atom is -0.387 e. The molecule has 2 unspecified atom stereocenters. The zero-order valence-corrected chi connectivity index (χ0v) is 18.2. The van der Waals surface area contributed by atoms with Crippen molar-refractivity contribution in [3.05, 3.63) is 108 Å². The average molecular weight is 432 g/mol. The number of aliphatic hydroxyl groups is 1. The van der Waals surface area contributed by atoms with Crippen molar-refractivity contribution >= 4 is 12.4 Å². The number of hydrogen-bond donors (Lipinski definition) is 2. The number of hydrogen-bond acceptors (Lipinski definition) is 4. The maximum absolute atomic E-state index is 10.5. The summed E-state index contributed by atoms with van der Waals surface area (Å²) in [5, 5.41) is 13.9. The van der Waals surface area contributed by atoms with Gasteiger partial charge in [-0.05, 0) is 12.5 Å². The molecule has 0 saturated heterocycles. The summed E-state index contributed by atoms with van der Waals surface area (Å²) in [6, 6.07) is 29.8. The van der Waals surface area contributed by atoms with E-state index >= 15 is 0 Å². The number of nitrogens with one attached hydrogen (secondary N) is 1. The average Bonchev–Trinajstić information content (AvgIpc) is 2.83. The molecule has 158 valence electrons. The summed E-state index contributed by atoms with van der Waals surface area (Å²) in [6.07, 6.45) is 1.32. The lowest BCUT2D eigenvalue weighted by Crippen LogP contribution is -2.25. The van der Waals surface area contributed by atoms with E-state index in [-0.39, 0.29) is 18.4 Å². The molecule has 1 aromatic heterocycles. The first-order valence-corrected chi connectivity index (χ1v) is 10.2. The van der Waals surface area contributed by atoms with Gasteiger partial charge in [-0.1, -0.05) is 91.0 Å². The van der Waals surface area contributed by atoms with E-state index in [1.165, 1.54) is 0 Å². The summed E-state index contributed by atoms with van der Waals surface area (Å²) in [5.41, 5.74) is 4.83. The Morgan fingerprint density at radius 2 is 1.35 bits per heavy atom. The van der Waals surface area contributed by atoms with Gasteiger partial charge < -0.3 is 10.4 Å². The van der Waals surface area contributed by atoms with Gasteiger partial charge in [-0.2, -0.15) is 0 Å². The molecule has 0 spiro atoms. The Bertz CT molecular complexity index is 1080. The lowest BCUT2D eigenvalue weighted by atomic mass is 10.0. The molecule has 0 fully saturated rings. The number of aromatic nitrogens is 2. The Morgan fingerprint density at radius 3 is 1.97 bits per heavy atom. The molecule has 0 aliphatic carbocycles. The smallest absolute Gasteiger partial charge is 0.159 e. The summed E-state index contributed by atoms with van der Waals surface area (Å²) in [4.78, 5) is 9.53. The van der Waals surface area contributed by atoms with Crippen LogP contribution in [0.1, 0.15) is 30.2 Å². The van der Waals surface area contributed by atoms with Crippen LogP contribution in [0.4, 0.5) is 0 Å². The lowest BCUT2D eigenvalue weighted by molar-refractivity contribution is 0.171. The molecular formula is C26H26ClN3O. The predicted molar refractivity (Wildman–Crippen MR) is 128 cm³/mol. The molecule has 0 saturated carbocycles. The van der Waals surface area contributed by atoms with Crippen LogP contribution in [0.3, 0.4) is 0 Å². The van der Waals surface area contributed by atoms with Crippen molar-refractivity contribution in [2.75, 3.05) is 6.54 Å². The van der Waals surface area contributed by atoms with E-state index in [0.29, 0.717) is 12.4 Å². The Morgan fingerprint density at radius 1 is 0.806 bits per heavy atom. The van der Waals surface area contributed by atoms with Crippen molar-refractivity contribution in [1.29, 1.82) is 0 Å². The summed E-state index contributed by atoms with van der Waals surface area (Å²) in [7, 11) is 0. The van der Waals surface area contributed by atoms with Gasteiger partial charge in [-0.3, -0.25) is 0 Å². The fourth-order valence-corrected chi connectivity index (χ4v) is 3.45. The fourth-order valence-electron chi connectivity index (χ4n) is 3.45. The Kier molecular flexibility index (Phi) is 7.90. The summed E-state index contributed by atoms with van der Waals surface area (Å²) in [6.45, 7) is 2.52. The summed E-state index contributed by atoms with van der Waals surface area (Å²) < 4.78 is 0.